The molecular weight excluding hydrogens is 182 g/mol. The molecule has 0 fully saturated rings. The van der Waals surface area contributed by atoms with Crippen molar-refractivity contribution in [2.45, 2.75) is 33.1 Å². The summed E-state index contributed by atoms with van der Waals surface area (Å²) in [6.45, 7) is 4.34. The molecule has 0 radical (unpaired) electrons. The lowest BCUT2D eigenvalue weighted by Crippen LogP contribution is -1.92. The zero-order chi connectivity index (χ0) is 10.4. The standard InChI is InChI=1S/C14H15N/c1-9-3-4-11-7-14-13(12(11)5-9)6-10(2)8-15-14/h5-6,8H,3-4,7H2,1-2H3. The molecule has 1 aromatic heterocycles. The Labute approximate surface area is 90.5 Å². The molecule has 3 rings (SSSR count). The van der Waals surface area contributed by atoms with Gasteiger partial charge >= 0.3 is 0 Å². The Bertz CT molecular complexity index is 492. The van der Waals surface area contributed by atoms with Crippen LogP contribution in [0.4, 0.5) is 0 Å². The van der Waals surface area contributed by atoms with Crippen LogP contribution in [-0.2, 0) is 6.42 Å². The van der Waals surface area contributed by atoms with Crippen molar-refractivity contribution in [2.24, 2.45) is 0 Å². The molecule has 0 unspecified atom stereocenters. The topological polar surface area (TPSA) is 12.9 Å². The number of aromatic nitrogens is 1. The number of allylic oxidation sites excluding steroid dienone is 4. The minimum atomic E-state index is 1.08. The van der Waals surface area contributed by atoms with E-state index < -0.39 is 0 Å². The van der Waals surface area contributed by atoms with E-state index in [9.17, 15) is 0 Å². The average molecular weight is 197 g/mol. The van der Waals surface area contributed by atoms with Crippen molar-refractivity contribution in [3.63, 3.8) is 0 Å². The van der Waals surface area contributed by atoms with Crippen molar-refractivity contribution in [1.29, 1.82) is 0 Å². The third-order valence-corrected chi connectivity index (χ3v) is 3.37. The Morgan fingerprint density at radius 3 is 2.93 bits per heavy atom. The molecule has 1 heteroatoms. The first-order valence-corrected chi connectivity index (χ1v) is 5.59. The SMILES string of the molecule is CC1=CC2=C(CC1)Cc1ncc(C)cc12. The van der Waals surface area contributed by atoms with Gasteiger partial charge in [0.15, 0.2) is 0 Å². The first kappa shape index (κ1) is 8.90. The maximum Gasteiger partial charge on any atom is 0.0522 e. The van der Waals surface area contributed by atoms with Gasteiger partial charge in [-0.2, -0.15) is 0 Å². The second-order valence-electron chi connectivity index (χ2n) is 4.69. The number of pyridine rings is 1. The quantitative estimate of drug-likeness (QED) is 0.621. The monoisotopic (exact) mass is 197 g/mol. The summed E-state index contributed by atoms with van der Waals surface area (Å²) in [7, 11) is 0. The van der Waals surface area contributed by atoms with Crippen LogP contribution in [0.2, 0.25) is 0 Å². The summed E-state index contributed by atoms with van der Waals surface area (Å²) in [5.41, 5.74) is 8.47. The maximum absolute atomic E-state index is 4.54. The smallest absolute Gasteiger partial charge is 0.0522 e. The fourth-order valence-corrected chi connectivity index (χ4v) is 2.53. The van der Waals surface area contributed by atoms with Crippen LogP contribution in [0, 0.1) is 6.92 Å². The molecule has 0 saturated heterocycles. The van der Waals surface area contributed by atoms with E-state index in [-0.39, 0.29) is 0 Å². The molecule has 0 aromatic carbocycles. The van der Waals surface area contributed by atoms with E-state index in [0.717, 1.165) is 6.42 Å². The first-order chi connectivity index (χ1) is 7.24. The van der Waals surface area contributed by atoms with Crippen molar-refractivity contribution >= 4 is 5.57 Å². The molecule has 0 bridgehead atoms. The molecule has 0 amide bonds. The summed E-state index contributed by atoms with van der Waals surface area (Å²) in [4.78, 5) is 4.54. The second kappa shape index (κ2) is 3.06. The Balaban J connectivity index is 2.16. The number of rotatable bonds is 0. The van der Waals surface area contributed by atoms with Crippen LogP contribution in [0.3, 0.4) is 0 Å². The van der Waals surface area contributed by atoms with Crippen LogP contribution >= 0.6 is 0 Å². The second-order valence-corrected chi connectivity index (χ2v) is 4.69. The molecule has 1 aromatic rings. The third kappa shape index (κ3) is 1.34. The third-order valence-electron chi connectivity index (χ3n) is 3.37. The van der Waals surface area contributed by atoms with Gasteiger partial charge in [-0.1, -0.05) is 17.2 Å². The predicted octanol–water partition coefficient (Wildman–Crippen LogP) is 3.44. The minimum absolute atomic E-state index is 1.08. The van der Waals surface area contributed by atoms with Gasteiger partial charge in [0.05, 0.1) is 5.69 Å². The lowest BCUT2D eigenvalue weighted by atomic mass is 9.93. The number of nitrogens with zero attached hydrogens (tertiary/aromatic N) is 1. The van der Waals surface area contributed by atoms with Crippen molar-refractivity contribution in [3.05, 3.63) is 46.3 Å². The lowest BCUT2D eigenvalue weighted by molar-refractivity contribution is 0.881. The zero-order valence-corrected chi connectivity index (χ0v) is 9.30. The molecule has 2 aliphatic rings. The fourth-order valence-electron chi connectivity index (χ4n) is 2.53. The van der Waals surface area contributed by atoms with Crippen molar-refractivity contribution in [1.82, 2.24) is 4.98 Å². The van der Waals surface area contributed by atoms with E-state index in [2.05, 4.69) is 31.0 Å². The summed E-state index contributed by atoms with van der Waals surface area (Å²) in [6, 6.07) is 2.28. The Kier molecular flexibility index (Phi) is 1.82. The van der Waals surface area contributed by atoms with Crippen LogP contribution in [0.15, 0.2) is 29.5 Å². The largest absolute Gasteiger partial charge is 0.260 e. The molecule has 15 heavy (non-hydrogen) atoms. The molecule has 1 heterocycles. The maximum atomic E-state index is 4.54. The van der Waals surface area contributed by atoms with Gasteiger partial charge in [-0.3, -0.25) is 4.98 Å². The van der Waals surface area contributed by atoms with Gasteiger partial charge in [-0.05, 0) is 43.9 Å². The normalized spacial score (nSPS) is 18.7. The van der Waals surface area contributed by atoms with E-state index in [0.29, 0.717) is 0 Å². The van der Waals surface area contributed by atoms with Crippen LogP contribution < -0.4 is 0 Å². The summed E-state index contributed by atoms with van der Waals surface area (Å²) in [6.07, 6.45) is 7.87. The van der Waals surface area contributed by atoms with E-state index in [1.165, 1.54) is 40.8 Å². The van der Waals surface area contributed by atoms with Crippen molar-refractivity contribution < 1.29 is 0 Å². The average Bonchev–Trinajstić information content (AvgIpc) is 2.56. The van der Waals surface area contributed by atoms with Crippen LogP contribution in [0.25, 0.3) is 5.57 Å². The summed E-state index contributed by atoms with van der Waals surface area (Å²) < 4.78 is 0. The van der Waals surface area contributed by atoms with Gasteiger partial charge < -0.3 is 0 Å². The van der Waals surface area contributed by atoms with Gasteiger partial charge in [-0.15, -0.1) is 0 Å². The zero-order valence-electron chi connectivity index (χ0n) is 9.30. The van der Waals surface area contributed by atoms with Crippen LogP contribution in [-0.4, -0.2) is 4.98 Å². The van der Waals surface area contributed by atoms with E-state index in [1.54, 1.807) is 5.57 Å². The predicted molar refractivity (Wildman–Crippen MR) is 62.6 cm³/mol. The highest BCUT2D eigenvalue weighted by molar-refractivity contribution is 5.83. The molecule has 2 aliphatic carbocycles. The van der Waals surface area contributed by atoms with Gasteiger partial charge in [0.1, 0.15) is 0 Å². The Morgan fingerprint density at radius 1 is 1.20 bits per heavy atom. The Morgan fingerprint density at radius 2 is 2.07 bits per heavy atom. The van der Waals surface area contributed by atoms with Gasteiger partial charge in [0.25, 0.3) is 0 Å². The molecule has 0 saturated carbocycles. The highest BCUT2D eigenvalue weighted by atomic mass is 14.7. The van der Waals surface area contributed by atoms with E-state index in [1.807, 2.05) is 6.20 Å². The Hall–Kier alpha value is -1.37. The first-order valence-electron chi connectivity index (χ1n) is 5.59. The van der Waals surface area contributed by atoms with Gasteiger partial charge in [-0.25, -0.2) is 0 Å². The number of hydrogen-bond donors (Lipinski definition) is 0. The van der Waals surface area contributed by atoms with Crippen LogP contribution in [0.5, 0.6) is 0 Å². The van der Waals surface area contributed by atoms with E-state index >= 15 is 0 Å². The fraction of sp³-hybridized carbons (Fsp3) is 0.357. The minimum Gasteiger partial charge on any atom is -0.260 e. The molecule has 76 valence electrons. The van der Waals surface area contributed by atoms with Gasteiger partial charge in [0.2, 0.25) is 0 Å². The van der Waals surface area contributed by atoms with Crippen molar-refractivity contribution in [3.8, 4) is 0 Å². The van der Waals surface area contributed by atoms with Crippen LogP contribution in [0.1, 0.15) is 36.6 Å². The molecule has 1 nitrogen and oxygen atoms in total. The summed E-state index contributed by atoms with van der Waals surface area (Å²) >= 11 is 0. The molecule has 0 aliphatic heterocycles. The van der Waals surface area contributed by atoms with E-state index in [4.69, 9.17) is 0 Å². The molecule has 0 spiro atoms. The number of fused-ring (bicyclic) bond motifs is 2. The molecule has 0 N–H and O–H groups in total. The molecular formula is C14H15N. The number of aryl methyl sites for hydroxylation is 1. The molecule has 0 atom stereocenters. The summed E-state index contributed by atoms with van der Waals surface area (Å²) in [5, 5.41) is 0. The highest BCUT2D eigenvalue weighted by Gasteiger charge is 2.23. The highest BCUT2D eigenvalue weighted by Crippen LogP contribution is 2.39. The van der Waals surface area contributed by atoms with Crippen molar-refractivity contribution in [2.75, 3.05) is 0 Å². The van der Waals surface area contributed by atoms with Gasteiger partial charge in [0, 0.05) is 18.2 Å². The lowest BCUT2D eigenvalue weighted by Gasteiger charge is -2.12. The summed E-state index contributed by atoms with van der Waals surface area (Å²) in [5.74, 6) is 0. The number of hydrogen-bond acceptors (Lipinski definition) is 1.